The molecule has 0 aromatic heterocycles. The minimum absolute atomic E-state index is 0.618. The first-order valence-electron chi connectivity index (χ1n) is 7.33. The molecule has 18 heavy (non-hydrogen) atoms. The third-order valence-electron chi connectivity index (χ3n) is 4.14. The number of nitrogens with one attached hydrogen (secondary N) is 1. The number of benzene rings is 1. The second kappa shape index (κ2) is 4.93. The molecule has 1 unspecified atom stereocenters. The molecule has 1 atom stereocenters. The molecule has 98 valence electrons. The van der Waals surface area contributed by atoms with Crippen LogP contribution in [-0.2, 0) is 0 Å². The second-order valence-electron chi connectivity index (χ2n) is 6.12. The maximum absolute atomic E-state index is 3.75. The molecule has 1 aromatic rings. The molecule has 1 aliphatic carbocycles. The molecule has 0 amide bonds. The average molecular weight is 244 g/mol. The van der Waals surface area contributed by atoms with Crippen molar-refractivity contribution in [1.82, 2.24) is 5.32 Å². The molecule has 0 spiro atoms. The maximum atomic E-state index is 3.75. The van der Waals surface area contributed by atoms with E-state index in [1.165, 1.54) is 43.6 Å². The summed E-state index contributed by atoms with van der Waals surface area (Å²) in [5.41, 5.74) is 2.85. The van der Waals surface area contributed by atoms with Gasteiger partial charge >= 0.3 is 0 Å². The van der Waals surface area contributed by atoms with Gasteiger partial charge in [0, 0.05) is 30.9 Å². The number of nitrogens with zero attached hydrogens (tertiary/aromatic N) is 1. The molecule has 0 bridgehead atoms. The van der Waals surface area contributed by atoms with Crippen LogP contribution in [-0.4, -0.2) is 25.2 Å². The van der Waals surface area contributed by atoms with Gasteiger partial charge in [-0.3, -0.25) is 0 Å². The molecule has 1 saturated carbocycles. The molecule has 2 aliphatic rings. The van der Waals surface area contributed by atoms with Crippen LogP contribution in [0.15, 0.2) is 24.3 Å². The minimum atomic E-state index is 0.618. The Morgan fingerprint density at radius 1 is 1.17 bits per heavy atom. The summed E-state index contributed by atoms with van der Waals surface area (Å²) < 4.78 is 0. The summed E-state index contributed by atoms with van der Waals surface area (Å²) in [6.07, 6.45) is 4.07. The van der Waals surface area contributed by atoms with Crippen LogP contribution >= 0.6 is 0 Å². The van der Waals surface area contributed by atoms with Crippen molar-refractivity contribution < 1.29 is 0 Å². The van der Waals surface area contributed by atoms with E-state index in [4.69, 9.17) is 0 Å². The lowest BCUT2D eigenvalue weighted by Crippen LogP contribution is -2.33. The van der Waals surface area contributed by atoms with Crippen molar-refractivity contribution in [3.8, 4) is 0 Å². The normalized spacial score (nSPS) is 23.9. The Morgan fingerprint density at radius 3 is 2.72 bits per heavy atom. The fourth-order valence-corrected chi connectivity index (χ4v) is 2.79. The quantitative estimate of drug-likeness (QED) is 0.875. The van der Waals surface area contributed by atoms with Crippen molar-refractivity contribution in [3.63, 3.8) is 0 Å². The Bertz CT molecular complexity index is 409. The van der Waals surface area contributed by atoms with Crippen LogP contribution in [0.4, 0.5) is 5.69 Å². The van der Waals surface area contributed by atoms with Crippen LogP contribution < -0.4 is 10.2 Å². The Labute approximate surface area is 110 Å². The van der Waals surface area contributed by atoms with Gasteiger partial charge in [0.2, 0.25) is 0 Å². The topological polar surface area (TPSA) is 15.3 Å². The van der Waals surface area contributed by atoms with E-state index in [0.717, 1.165) is 6.04 Å². The summed E-state index contributed by atoms with van der Waals surface area (Å²) in [7, 11) is 0. The zero-order valence-corrected chi connectivity index (χ0v) is 11.5. The lowest BCUT2D eigenvalue weighted by molar-refractivity contribution is 0.548. The minimum Gasteiger partial charge on any atom is -0.370 e. The first-order valence-corrected chi connectivity index (χ1v) is 7.33. The van der Waals surface area contributed by atoms with E-state index < -0.39 is 0 Å². The van der Waals surface area contributed by atoms with Gasteiger partial charge < -0.3 is 10.2 Å². The van der Waals surface area contributed by atoms with Crippen molar-refractivity contribution in [1.29, 1.82) is 0 Å². The molecular weight excluding hydrogens is 220 g/mol. The highest BCUT2D eigenvalue weighted by Gasteiger charge is 2.29. The molecule has 2 fully saturated rings. The van der Waals surface area contributed by atoms with Gasteiger partial charge in [-0.15, -0.1) is 0 Å². The van der Waals surface area contributed by atoms with Gasteiger partial charge in [0.25, 0.3) is 0 Å². The van der Waals surface area contributed by atoms with Gasteiger partial charge in [-0.05, 0) is 42.9 Å². The number of hydrogen-bond acceptors (Lipinski definition) is 2. The summed E-state index contributed by atoms with van der Waals surface area (Å²) >= 11 is 0. The highest BCUT2D eigenvalue weighted by Crippen LogP contribution is 2.26. The standard InChI is InChI=1S/C16H24N2/c1-12(2)13-4-3-5-16(10-13)18-9-8-15(11-18)17-14-6-7-14/h3-5,10,12,14-15,17H,6-9,11H2,1-2H3. The summed E-state index contributed by atoms with van der Waals surface area (Å²) in [6.45, 7) is 6.91. The van der Waals surface area contributed by atoms with E-state index in [1.807, 2.05) is 0 Å². The molecule has 2 nitrogen and oxygen atoms in total. The SMILES string of the molecule is CC(C)c1cccc(N2CCC(NC3CC3)C2)c1. The van der Waals surface area contributed by atoms with Crippen molar-refractivity contribution in [2.45, 2.75) is 51.1 Å². The van der Waals surface area contributed by atoms with E-state index in [2.05, 4.69) is 48.3 Å². The summed E-state index contributed by atoms with van der Waals surface area (Å²) in [5.74, 6) is 0.618. The van der Waals surface area contributed by atoms with Gasteiger partial charge in [0.05, 0.1) is 0 Å². The van der Waals surface area contributed by atoms with E-state index in [-0.39, 0.29) is 0 Å². The lowest BCUT2D eigenvalue weighted by atomic mass is 10.0. The summed E-state index contributed by atoms with van der Waals surface area (Å²) in [6, 6.07) is 10.6. The van der Waals surface area contributed by atoms with Gasteiger partial charge in [0.15, 0.2) is 0 Å². The first-order chi connectivity index (χ1) is 8.72. The lowest BCUT2D eigenvalue weighted by Gasteiger charge is -2.20. The van der Waals surface area contributed by atoms with Crippen LogP contribution in [0.3, 0.4) is 0 Å². The molecule has 3 rings (SSSR count). The smallest absolute Gasteiger partial charge is 0.0369 e. The predicted octanol–water partition coefficient (Wildman–Crippen LogP) is 3.14. The van der Waals surface area contributed by atoms with E-state index in [1.54, 1.807) is 0 Å². The van der Waals surface area contributed by atoms with Crippen molar-refractivity contribution in [2.75, 3.05) is 18.0 Å². The number of rotatable bonds is 4. The largest absolute Gasteiger partial charge is 0.370 e. The summed E-state index contributed by atoms with van der Waals surface area (Å²) in [4.78, 5) is 2.53. The molecule has 1 aliphatic heterocycles. The Hall–Kier alpha value is -1.02. The van der Waals surface area contributed by atoms with Crippen LogP contribution in [0.25, 0.3) is 0 Å². The van der Waals surface area contributed by atoms with Gasteiger partial charge in [-0.1, -0.05) is 26.0 Å². The Kier molecular flexibility index (Phi) is 3.29. The average Bonchev–Trinajstić information content (AvgIpc) is 3.05. The molecule has 0 radical (unpaired) electrons. The fraction of sp³-hybridized carbons (Fsp3) is 0.625. The van der Waals surface area contributed by atoms with Crippen molar-refractivity contribution in [2.24, 2.45) is 0 Å². The Morgan fingerprint density at radius 2 is 2.00 bits per heavy atom. The monoisotopic (exact) mass is 244 g/mol. The third kappa shape index (κ3) is 2.69. The summed E-state index contributed by atoms with van der Waals surface area (Å²) in [5, 5.41) is 3.75. The number of anilines is 1. The highest BCUT2D eigenvalue weighted by atomic mass is 15.2. The first kappa shape index (κ1) is 12.0. The highest BCUT2D eigenvalue weighted by molar-refractivity contribution is 5.50. The van der Waals surface area contributed by atoms with Crippen LogP contribution in [0.5, 0.6) is 0 Å². The third-order valence-corrected chi connectivity index (χ3v) is 4.14. The molecule has 1 aromatic carbocycles. The predicted molar refractivity (Wildman–Crippen MR) is 77.3 cm³/mol. The van der Waals surface area contributed by atoms with Crippen molar-refractivity contribution >= 4 is 5.69 Å². The molecule has 1 heterocycles. The molecule has 1 saturated heterocycles. The zero-order chi connectivity index (χ0) is 12.5. The maximum Gasteiger partial charge on any atom is 0.0369 e. The van der Waals surface area contributed by atoms with Crippen LogP contribution in [0.1, 0.15) is 44.6 Å². The zero-order valence-electron chi connectivity index (χ0n) is 11.5. The van der Waals surface area contributed by atoms with E-state index in [9.17, 15) is 0 Å². The second-order valence-corrected chi connectivity index (χ2v) is 6.12. The van der Waals surface area contributed by atoms with Gasteiger partial charge in [0.1, 0.15) is 0 Å². The van der Waals surface area contributed by atoms with Crippen LogP contribution in [0.2, 0.25) is 0 Å². The van der Waals surface area contributed by atoms with Crippen LogP contribution in [0, 0.1) is 0 Å². The van der Waals surface area contributed by atoms with Crippen molar-refractivity contribution in [3.05, 3.63) is 29.8 Å². The molecule has 1 N–H and O–H groups in total. The molecular formula is C16H24N2. The molecule has 2 heteroatoms. The fourth-order valence-electron chi connectivity index (χ4n) is 2.79. The van der Waals surface area contributed by atoms with Gasteiger partial charge in [-0.25, -0.2) is 0 Å². The van der Waals surface area contributed by atoms with Gasteiger partial charge in [-0.2, -0.15) is 0 Å². The number of hydrogen-bond donors (Lipinski definition) is 1. The van der Waals surface area contributed by atoms with E-state index >= 15 is 0 Å². The van der Waals surface area contributed by atoms with E-state index in [0.29, 0.717) is 12.0 Å². The Balaban J connectivity index is 1.65.